The van der Waals surface area contributed by atoms with Crippen LogP contribution in [0, 0.1) is 0 Å². The molecule has 1 fully saturated rings. The third kappa shape index (κ3) is 4.28. The summed E-state index contributed by atoms with van der Waals surface area (Å²) in [5.41, 5.74) is 0. The van der Waals surface area contributed by atoms with Gasteiger partial charge in [0.15, 0.2) is 5.79 Å². The highest BCUT2D eigenvalue weighted by Gasteiger charge is 2.41. The molecule has 0 aromatic heterocycles. The van der Waals surface area contributed by atoms with Crippen LogP contribution in [-0.2, 0) is 23.1 Å². The zero-order valence-electron chi connectivity index (χ0n) is 11.3. The summed E-state index contributed by atoms with van der Waals surface area (Å²) >= 11 is 0. The number of ether oxygens (including phenoxy) is 2. The van der Waals surface area contributed by atoms with E-state index in [1.165, 1.54) is 0 Å². The maximum Gasteiger partial charge on any atom is 0.364 e. The van der Waals surface area contributed by atoms with Crippen LogP contribution in [0.5, 0.6) is 0 Å². The van der Waals surface area contributed by atoms with Crippen LogP contribution in [0.4, 0.5) is 4.39 Å². The molecule has 18 heavy (non-hydrogen) atoms. The first-order valence-electron chi connectivity index (χ1n) is 6.17. The molecule has 0 radical (unpaired) electrons. The first-order valence-corrected chi connectivity index (χ1v) is 7.78. The van der Waals surface area contributed by atoms with Gasteiger partial charge >= 0.3 is 7.60 Å². The molecule has 108 valence electrons. The van der Waals surface area contributed by atoms with Gasteiger partial charge in [-0.05, 0) is 27.7 Å². The Morgan fingerprint density at radius 3 is 2.33 bits per heavy atom. The van der Waals surface area contributed by atoms with E-state index < -0.39 is 25.4 Å². The molecule has 0 bridgehead atoms. The molecule has 1 aliphatic heterocycles. The lowest BCUT2D eigenvalue weighted by Crippen LogP contribution is -2.23. The van der Waals surface area contributed by atoms with E-state index in [2.05, 4.69) is 0 Å². The van der Waals surface area contributed by atoms with Gasteiger partial charge in [-0.25, -0.2) is 4.39 Å². The maximum absolute atomic E-state index is 14.1. The Labute approximate surface area is 107 Å². The minimum Gasteiger partial charge on any atom is -0.348 e. The molecule has 0 amide bonds. The monoisotopic (exact) mass is 284 g/mol. The van der Waals surface area contributed by atoms with Gasteiger partial charge in [-0.3, -0.25) is 4.57 Å². The number of hydrogen-bond acceptors (Lipinski definition) is 5. The summed E-state index contributed by atoms with van der Waals surface area (Å²) in [4.78, 5) is 0. The van der Waals surface area contributed by atoms with Crippen molar-refractivity contribution in [1.29, 1.82) is 0 Å². The third-order valence-corrected chi connectivity index (χ3v) is 4.62. The Kier molecular flexibility index (Phi) is 5.74. The lowest BCUT2D eigenvalue weighted by molar-refractivity contribution is -0.139. The number of halogens is 1. The van der Waals surface area contributed by atoms with Crippen molar-refractivity contribution < 1.29 is 27.5 Å². The smallest absolute Gasteiger partial charge is 0.348 e. The average molecular weight is 284 g/mol. The maximum atomic E-state index is 14.1. The molecule has 2 atom stereocenters. The molecule has 2 unspecified atom stereocenters. The van der Waals surface area contributed by atoms with Crippen molar-refractivity contribution in [2.45, 2.75) is 51.9 Å². The summed E-state index contributed by atoms with van der Waals surface area (Å²) in [5, 5.41) is 0. The molecular formula is C11H22FO5P. The predicted molar refractivity (Wildman–Crippen MR) is 65.3 cm³/mol. The molecule has 0 saturated carbocycles. The topological polar surface area (TPSA) is 54.0 Å². The van der Waals surface area contributed by atoms with E-state index in [1.807, 2.05) is 0 Å². The Hall–Kier alpha value is -0.0000000000000000139. The van der Waals surface area contributed by atoms with E-state index in [-0.39, 0.29) is 26.2 Å². The second-order valence-corrected chi connectivity index (χ2v) is 6.65. The third-order valence-electron chi connectivity index (χ3n) is 2.49. The highest BCUT2D eigenvalue weighted by atomic mass is 31.2. The molecule has 0 aromatic rings. The van der Waals surface area contributed by atoms with E-state index in [9.17, 15) is 8.96 Å². The Morgan fingerprint density at radius 1 is 1.39 bits per heavy atom. The van der Waals surface area contributed by atoms with Crippen LogP contribution < -0.4 is 0 Å². The highest BCUT2D eigenvalue weighted by molar-refractivity contribution is 7.54. The largest absolute Gasteiger partial charge is 0.364 e. The molecule has 0 aliphatic carbocycles. The molecule has 0 spiro atoms. The summed E-state index contributed by atoms with van der Waals surface area (Å²) in [6, 6.07) is 0. The van der Waals surface area contributed by atoms with Crippen molar-refractivity contribution in [3.05, 3.63) is 0 Å². The van der Waals surface area contributed by atoms with Crippen LogP contribution in [0.2, 0.25) is 0 Å². The van der Waals surface area contributed by atoms with Gasteiger partial charge in [0.1, 0.15) is 0 Å². The summed E-state index contributed by atoms with van der Waals surface area (Å²) in [6.07, 6.45) is -0.481. The van der Waals surface area contributed by atoms with Gasteiger partial charge in [-0.2, -0.15) is 0 Å². The van der Waals surface area contributed by atoms with Crippen molar-refractivity contribution >= 4 is 7.60 Å². The van der Waals surface area contributed by atoms with Crippen LogP contribution in [-0.4, -0.2) is 37.6 Å². The summed E-state index contributed by atoms with van der Waals surface area (Å²) < 4.78 is 46.9. The molecule has 1 rings (SSSR count). The Morgan fingerprint density at radius 2 is 1.94 bits per heavy atom. The molecular weight excluding hydrogens is 262 g/mol. The number of rotatable bonds is 7. The second kappa shape index (κ2) is 6.44. The SMILES string of the molecule is CCOP(=O)(OCC)C(F)CC1COC(C)(C)O1. The molecule has 7 heteroatoms. The number of hydrogen-bond donors (Lipinski definition) is 0. The van der Waals surface area contributed by atoms with Crippen LogP contribution in [0.1, 0.15) is 34.1 Å². The summed E-state index contributed by atoms with van der Waals surface area (Å²) in [6.45, 7) is 7.38. The quantitative estimate of drug-likeness (QED) is 0.672. The van der Waals surface area contributed by atoms with Gasteiger partial charge in [0.05, 0.1) is 25.9 Å². The summed E-state index contributed by atoms with van der Waals surface area (Å²) in [7, 11) is -3.71. The molecule has 0 N–H and O–H groups in total. The van der Waals surface area contributed by atoms with Crippen molar-refractivity contribution in [3.63, 3.8) is 0 Å². The molecule has 1 heterocycles. The standard InChI is InChI=1S/C11H22FO5P/c1-5-15-18(13,16-6-2)10(12)7-9-8-14-11(3,4)17-9/h9-10H,5-8H2,1-4H3. The van der Waals surface area contributed by atoms with Gasteiger partial charge in [-0.15, -0.1) is 0 Å². The van der Waals surface area contributed by atoms with Gasteiger partial charge in [0.2, 0.25) is 5.91 Å². The van der Waals surface area contributed by atoms with Crippen LogP contribution in [0.25, 0.3) is 0 Å². The predicted octanol–water partition coefficient (Wildman–Crippen LogP) is 3.09. The summed E-state index contributed by atoms with van der Waals surface area (Å²) in [5.74, 6) is -2.41. The first kappa shape index (κ1) is 16.1. The van der Waals surface area contributed by atoms with Gasteiger partial charge in [-0.1, -0.05) is 0 Å². The van der Waals surface area contributed by atoms with E-state index in [0.29, 0.717) is 0 Å². The van der Waals surface area contributed by atoms with Gasteiger partial charge in [0, 0.05) is 6.42 Å². The van der Waals surface area contributed by atoms with E-state index in [4.69, 9.17) is 18.5 Å². The van der Waals surface area contributed by atoms with Crippen molar-refractivity contribution in [1.82, 2.24) is 0 Å². The highest BCUT2D eigenvalue weighted by Crippen LogP contribution is 2.55. The van der Waals surface area contributed by atoms with Crippen LogP contribution in [0.15, 0.2) is 0 Å². The fraction of sp³-hybridized carbons (Fsp3) is 1.00. The zero-order valence-corrected chi connectivity index (χ0v) is 12.2. The molecule has 1 aliphatic rings. The molecule has 1 saturated heterocycles. The van der Waals surface area contributed by atoms with Crippen LogP contribution in [0.3, 0.4) is 0 Å². The second-order valence-electron chi connectivity index (χ2n) is 4.50. The van der Waals surface area contributed by atoms with E-state index in [1.54, 1.807) is 27.7 Å². The van der Waals surface area contributed by atoms with Gasteiger partial charge in [0.25, 0.3) is 0 Å². The minimum atomic E-state index is -3.71. The lowest BCUT2D eigenvalue weighted by atomic mass is 10.3. The zero-order chi connectivity index (χ0) is 13.8. The Balaban J connectivity index is 2.57. The average Bonchev–Trinajstić information content (AvgIpc) is 2.58. The fourth-order valence-electron chi connectivity index (χ4n) is 1.78. The number of alkyl halides is 1. The van der Waals surface area contributed by atoms with Crippen molar-refractivity contribution in [2.24, 2.45) is 0 Å². The lowest BCUT2D eigenvalue weighted by Gasteiger charge is -2.23. The fourth-order valence-corrected chi connectivity index (χ4v) is 3.40. The van der Waals surface area contributed by atoms with E-state index in [0.717, 1.165) is 0 Å². The van der Waals surface area contributed by atoms with Crippen molar-refractivity contribution in [2.75, 3.05) is 19.8 Å². The minimum absolute atomic E-state index is 0.0549. The van der Waals surface area contributed by atoms with Crippen molar-refractivity contribution in [3.8, 4) is 0 Å². The van der Waals surface area contributed by atoms with Crippen LogP contribution >= 0.6 is 7.60 Å². The Bertz CT molecular complexity index is 300. The normalized spacial score (nSPS) is 25.3. The first-order chi connectivity index (χ1) is 8.33. The molecule has 0 aromatic carbocycles. The van der Waals surface area contributed by atoms with Gasteiger partial charge < -0.3 is 18.5 Å². The molecule has 5 nitrogen and oxygen atoms in total. The van der Waals surface area contributed by atoms with E-state index >= 15 is 0 Å².